The molecule has 1 aromatic carbocycles. The number of benzene rings is 1. The van der Waals surface area contributed by atoms with Crippen molar-refractivity contribution in [2.75, 3.05) is 13.7 Å². The van der Waals surface area contributed by atoms with Crippen LogP contribution in [0.1, 0.15) is 85.6 Å². The van der Waals surface area contributed by atoms with Gasteiger partial charge in [0.1, 0.15) is 5.75 Å². The predicted octanol–water partition coefficient (Wildman–Crippen LogP) is 7.18. The van der Waals surface area contributed by atoms with Gasteiger partial charge in [0.05, 0.1) is 19.8 Å². The van der Waals surface area contributed by atoms with Gasteiger partial charge in [-0.1, -0.05) is 85.4 Å². The van der Waals surface area contributed by atoms with Gasteiger partial charge in [0, 0.05) is 6.61 Å². The molecule has 1 aromatic rings. The standard InChI is InChI=1S/C18H28O3.3C2H6/c1-3-17(19)9-7-5-4-6-8-14-21-15-16-10-12-18(20-2)13-11-16;3*1-2/h3,10-13,17,19H,1,4-9,14-15H2,2H3;3*1-2H3. The maximum absolute atomic E-state index is 9.33. The average molecular weight is 383 g/mol. The molecule has 1 atom stereocenters. The summed E-state index contributed by atoms with van der Waals surface area (Å²) >= 11 is 0. The first kappa shape index (κ1) is 30.4. The molecule has 0 radical (unpaired) electrons. The molecule has 160 valence electrons. The minimum absolute atomic E-state index is 0.335. The molecule has 1 rings (SSSR count). The molecule has 0 aliphatic rings. The zero-order valence-corrected chi connectivity index (χ0v) is 19.1. The molecule has 0 heterocycles. The van der Waals surface area contributed by atoms with E-state index < -0.39 is 0 Å². The molecule has 0 saturated heterocycles. The lowest BCUT2D eigenvalue weighted by Crippen LogP contribution is -2.00. The summed E-state index contributed by atoms with van der Waals surface area (Å²) in [7, 11) is 1.67. The SMILES string of the molecule is C=CC(O)CCCCCCCOCc1ccc(OC)cc1.CC.CC.CC. The first-order chi connectivity index (χ1) is 13.3. The van der Waals surface area contributed by atoms with Crippen LogP contribution in [-0.4, -0.2) is 24.9 Å². The van der Waals surface area contributed by atoms with E-state index in [0.717, 1.165) is 31.6 Å². The molecule has 0 bridgehead atoms. The molecular weight excluding hydrogens is 336 g/mol. The van der Waals surface area contributed by atoms with Gasteiger partial charge < -0.3 is 14.6 Å². The van der Waals surface area contributed by atoms with Crippen LogP contribution in [0.4, 0.5) is 0 Å². The Bertz CT molecular complexity index is 374. The van der Waals surface area contributed by atoms with Crippen molar-refractivity contribution in [2.45, 2.75) is 92.8 Å². The second-order valence-electron chi connectivity index (χ2n) is 5.26. The summed E-state index contributed by atoms with van der Waals surface area (Å²) in [6.45, 7) is 17.0. The lowest BCUT2D eigenvalue weighted by molar-refractivity contribution is 0.116. The summed E-state index contributed by atoms with van der Waals surface area (Å²) in [5, 5.41) is 9.33. The van der Waals surface area contributed by atoms with Gasteiger partial charge in [-0.05, 0) is 30.5 Å². The summed E-state index contributed by atoms with van der Waals surface area (Å²) in [4.78, 5) is 0. The molecule has 0 aromatic heterocycles. The van der Waals surface area contributed by atoms with E-state index in [1.165, 1.54) is 24.8 Å². The number of aliphatic hydroxyl groups is 1. The van der Waals surface area contributed by atoms with E-state index in [1.807, 2.05) is 65.8 Å². The maximum Gasteiger partial charge on any atom is 0.118 e. The molecule has 3 nitrogen and oxygen atoms in total. The highest BCUT2D eigenvalue weighted by Gasteiger charge is 1.98. The smallest absolute Gasteiger partial charge is 0.118 e. The van der Waals surface area contributed by atoms with Crippen molar-refractivity contribution in [3.05, 3.63) is 42.5 Å². The monoisotopic (exact) mass is 382 g/mol. The van der Waals surface area contributed by atoms with E-state index in [1.54, 1.807) is 13.2 Å². The van der Waals surface area contributed by atoms with Gasteiger partial charge >= 0.3 is 0 Å². The minimum atomic E-state index is -0.335. The predicted molar refractivity (Wildman–Crippen MR) is 121 cm³/mol. The Kier molecular flexibility index (Phi) is 30.3. The Hall–Kier alpha value is -1.32. The number of aliphatic hydroxyl groups excluding tert-OH is 1. The maximum atomic E-state index is 9.33. The number of hydrogen-bond acceptors (Lipinski definition) is 3. The van der Waals surface area contributed by atoms with Crippen LogP contribution in [0.15, 0.2) is 36.9 Å². The van der Waals surface area contributed by atoms with Gasteiger partial charge in [0.25, 0.3) is 0 Å². The van der Waals surface area contributed by atoms with Crippen LogP contribution in [-0.2, 0) is 11.3 Å². The van der Waals surface area contributed by atoms with Crippen LogP contribution < -0.4 is 4.74 Å². The number of rotatable bonds is 12. The molecule has 1 unspecified atom stereocenters. The van der Waals surface area contributed by atoms with Crippen molar-refractivity contribution in [3.8, 4) is 5.75 Å². The number of ether oxygens (including phenoxy) is 2. The average Bonchev–Trinajstić information content (AvgIpc) is 2.77. The highest BCUT2D eigenvalue weighted by atomic mass is 16.5. The van der Waals surface area contributed by atoms with Crippen molar-refractivity contribution in [3.63, 3.8) is 0 Å². The van der Waals surface area contributed by atoms with Gasteiger partial charge in [-0.15, -0.1) is 6.58 Å². The Morgan fingerprint density at radius 2 is 1.41 bits per heavy atom. The molecule has 0 amide bonds. The van der Waals surface area contributed by atoms with Crippen molar-refractivity contribution in [2.24, 2.45) is 0 Å². The van der Waals surface area contributed by atoms with Gasteiger partial charge in [-0.3, -0.25) is 0 Å². The Balaban J connectivity index is -0.000000869. The van der Waals surface area contributed by atoms with Crippen molar-refractivity contribution in [1.82, 2.24) is 0 Å². The normalized spacial score (nSPS) is 10.1. The largest absolute Gasteiger partial charge is 0.497 e. The molecular formula is C24H46O3. The van der Waals surface area contributed by atoms with Gasteiger partial charge in [0.2, 0.25) is 0 Å². The van der Waals surface area contributed by atoms with Crippen molar-refractivity contribution >= 4 is 0 Å². The van der Waals surface area contributed by atoms with Crippen LogP contribution >= 0.6 is 0 Å². The third-order valence-electron chi connectivity index (χ3n) is 3.49. The molecule has 27 heavy (non-hydrogen) atoms. The van der Waals surface area contributed by atoms with E-state index in [-0.39, 0.29) is 6.10 Å². The lowest BCUT2D eigenvalue weighted by atomic mass is 10.1. The molecule has 0 aliphatic carbocycles. The summed E-state index contributed by atoms with van der Waals surface area (Å²) in [5.41, 5.74) is 1.18. The topological polar surface area (TPSA) is 38.7 Å². The Morgan fingerprint density at radius 1 is 0.889 bits per heavy atom. The Labute approximate surface area is 169 Å². The zero-order chi connectivity index (χ0) is 21.3. The number of hydrogen-bond donors (Lipinski definition) is 1. The van der Waals surface area contributed by atoms with E-state index >= 15 is 0 Å². The molecule has 0 saturated carbocycles. The van der Waals surface area contributed by atoms with Crippen LogP contribution in [0.5, 0.6) is 5.75 Å². The zero-order valence-electron chi connectivity index (χ0n) is 19.1. The van der Waals surface area contributed by atoms with Crippen LogP contribution in [0.3, 0.4) is 0 Å². The van der Waals surface area contributed by atoms with Crippen molar-refractivity contribution in [1.29, 1.82) is 0 Å². The number of methoxy groups -OCH3 is 1. The third-order valence-corrected chi connectivity index (χ3v) is 3.49. The quantitative estimate of drug-likeness (QED) is 0.307. The van der Waals surface area contributed by atoms with Crippen LogP contribution in [0.2, 0.25) is 0 Å². The minimum Gasteiger partial charge on any atom is -0.497 e. The highest BCUT2D eigenvalue weighted by Crippen LogP contribution is 2.12. The van der Waals surface area contributed by atoms with E-state index in [0.29, 0.717) is 6.61 Å². The molecule has 0 spiro atoms. The first-order valence-electron chi connectivity index (χ1n) is 10.8. The van der Waals surface area contributed by atoms with E-state index in [9.17, 15) is 5.11 Å². The van der Waals surface area contributed by atoms with Crippen molar-refractivity contribution < 1.29 is 14.6 Å². The molecule has 0 fully saturated rings. The molecule has 0 aliphatic heterocycles. The van der Waals surface area contributed by atoms with Gasteiger partial charge in [0.15, 0.2) is 0 Å². The van der Waals surface area contributed by atoms with Crippen LogP contribution in [0, 0.1) is 0 Å². The second kappa shape index (κ2) is 26.9. The summed E-state index contributed by atoms with van der Waals surface area (Å²) < 4.78 is 10.8. The second-order valence-corrected chi connectivity index (χ2v) is 5.26. The summed E-state index contributed by atoms with van der Waals surface area (Å²) in [5.74, 6) is 0.875. The summed E-state index contributed by atoms with van der Waals surface area (Å²) in [6.07, 6.45) is 7.83. The van der Waals surface area contributed by atoms with E-state index in [4.69, 9.17) is 9.47 Å². The van der Waals surface area contributed by atoms with E-state index in [2.05, 4.69) is 6.58 Å². The summed E-state index contributed by atoms with van der Waals surface area (Å²) in [6, 6.07) is 7.97. The Morgan fingerprint density at radius 3 is 1.93 bits per heavy atom. The van der Waals surface area contributed by atoms with Gasteiger partial charge in [-0.2, -0.15) is 0 Å². The van der Waals surface area contributed by atoms with Crippen LogP contribution in [0.25, 0.3) is 0 Å². The fraction of sp³-hybridized carbons (Fsp3) is 0.667. The fourth-order valence-electron chi connectivity index (χ4n) is 2.12. The highest BCUT2D eigenvalue weighted by molar-refractivity contribution is 5.26. The fourth-order valence-corrected chi connectivity index (χ4v) is 2.12. The number of unbranched alkanes of at least 4 members (excludes halogenated alkanes) is 4. The molecule has 1 N–H and O–H groups in total. The van der Waals surface area contributed by atoms with Gasteiger partial charge in [-0.25, -0.2) is 0 Å². The lowest BCUT2D eigenvalue weighted by Gasteiger charge is -2.06. The molecule has 3 heteroatoms. The third kappa shape index (κ3) is 20.8. The first-order valence-corrected chi connectivity index (χ1v) is 10.8.